The second-order valence-corrected chi connectivity index (χ2v) is 17.0. The largest absolute Gasteiger partial charge is 0.455 e. The molecule has 0 bridgehead atoms. The highest BCUT2D eigenvalue weighted by molar-refractivity contribution is 7.26. The van der Waals surface area contributed by atoms with E-state index in [-0.39, 0.29) is 0 Å². The van der Waals surface area contributed by atoms with Gasteiger partial charge in [0, 0.05) is 69.5 Å². The summed E-state index contributed by atoms with van der Waals surface area (Å²) >= 11 is 1.88. The van der Waals surface area contributed by atoms with Gasteiger partial charge < -0.3 is 13.9 Å². The number of anilines is 3. The molecule has 0 saturated heterocycles. The van der Waals surface area contributed by atoms with E-state index in [0.29, 0.717) is 0 Å². The van der Waals surface area contributed by atoms with Crippen molar-refractivity contribution in [2.45, 2.75) is 0 Å². The number of fused-ring (bicyclic) bond motifs is 10. The quantitative estimate of drug-likeness (QED) is 0.167. The summed E-state index contributed by atoms with van der Waals surface area (Å²) in [4.78, 5) is 2.48. The van der Waals surface area contributed by atoms with E-state index in [1.807, 2.05) is 17.4 Å². The van der Waals surface area contributed by atoms with Crippen molar-refractivity contribution >= 4 is 103 Å². The summed E-state index contributed by atoms with van der Waals surface area (Å²) in [6.07, 6.45) is 0. The predicted octanol–water partition coefficient (Wildman–Crippen LogP) is 17.0. The minimum absolute atomic E-state index is 0.902. The predicted molar refractivity (Wildman–Crippen MR) is 264 cm³/mol. The normalized spacial score (nSPS) is 11.9. The molecule has 62 heavy (non-hydrogen) atoms. The van der Waals surface area contributed by atoms with Crippen LogP contribution < -0.4 is 4.90 Å². The zero-order valence-corrected chi connectivity index (χ0v) is 34.3. The Balaban J connectivity index is 1.10. The fourth-order valence-corrected chi connectivity index (χ4v) is 11.1. The second kappa shape index (κ2) is 13.8. The molecule has 0 amide bonds. The molecule has 10 aromatic carbocycles. The lowest BCUT2D eigenvalue weighted by atomic mass is 9.96. The SMILES string of the molecule is c1ccc(-n2c3ccccc3c3ccccc32)c(-c2c(N(c3ccc(-c4cccc5c4oc4ccccc45)cc3)c3cccc4ccccc34)ccc3c2sc2ccccc23)c1. The van der Waals surface area contributed by atoms with Gasteiger partial charge in [-0.1, -0.05) is 164 Å². The molecule has 0 saturated carbocycles. The molecule has 3 aromatic heterocycles. The molecule has 0 aliphatic carbocycles. The monoisotopic (exact) mass is 808 g/mol. The van der Waals surface area contributed by atoms with Crippen molar-refractivity contribution in [3.05, 3.63) is 218 Å². The lowest BCUT2D eigenvalue weighted by molar-refractivity contribution is 0.670. The van der Waals surface area contributed by atoms with E-state index in [9.17, 15) is 0 Å². The van der Waals surface area contributed by atoms with Gasteiger partial charge >= 0.3 is 0 Å². The topological polar surface area (TPSA) is 21.3 Å². The number of para-hydroxylation sites is 5. The van der Waals surface area contributed by atoms with E-state index < -0.39 is 0 Å². The zero-order valence-electron chi connectivity index (χ0n) is 33.5. The summed E-state index contributed by atoms with van der Waals surface area (Å²) < 4.78 is 11.5. The Labute approximate surface area is 361 Å². The highest BCUT2D eigenvalue weighted by Gasteiger charge is 2.26. The summed E-state index contributed by atoms with van der Waals surface area (Å²) in [6, 6.07) is 79.3. The smallest absolute Gasteiger partial charge is 0.143 e. The van der Waals surface area contributed by atoms with Gasteiger partial charge in [-0.25, -0.2) is 0 Å². The van der Waals surface area contributed by atoms with Gasteiger partial charge in [-0.3, -0.25) is 0 Å². The number of hydrogen-bond acceptors (Lipinski definition) is 3. The number of benzene rings is 10. The Morgan fingerprint density at radius 3 is 1.84 bits per heavy atom. The fraction of sp³-hybridized carbons (Fsp3) is 0. The summed E-state index contributed by atoms with van der Waals surface area (Å²) in [6.45, 7) is 0. The molecule has 0 N–H and O–H groups in total. The van der Waals surface area contributed by atoms with Crippen molar-refractivity contribution in [1.82, 2.24) is 4.57 Å². The molecule has 4 heteroatoms. The molecule has 3 heterocycles. The van der Waals surface area contributed by atoms with Crippen LogP contribution in [0, 0.1) is 0 Å². The molecule has 3 nitrogen and oxygen atoms in total. The van der Waals surface area contributed by atoms with Gasteiger partial charge in [0.2, 0.25) is 0 Å². The fourth-order valence-electron chi connectivity index (χ4n) is 9.86. The highest BCUT2D eigenvalue weighted by Crippen LogP contribution is 2.51. The Kier molecular flexibility index (Phi) is 7.78. The average molecular weight is 809 g/mol. The van der Waals surface area contributed by atoms with Crippen LogP contribution in [0.3, 0.4) is 0 Å². The van der Waals surface area contributed by atoms with Crippen LogP contribution in [0.15, 0.2) is 223 Å². The first kappa shape index (κ1) is 34.9. The van der Waals surface area contributed by atoms with Gasteiger partial charge in [-0.2, -0.15) is 0 Å². The maximum Gasteiger partial charge on any atom is 0.143 e. The molecule has 0 aliphatic rings. The third-order valence-corrected chi connectivity index (χ3v) is 13.8. The first-order valence-electron chi connectivity index (χ1n) is 21.1. The Morgan fingerprint density at radius 1 is 0.403 bits per heavy atom. The minimum Gasteiger partial charge on any atom is -0.455 e. The summed E-state index contributed by atoms with van der Waals surface area (Å²) in [5.41, 5.74) is 13.2. The van der Waals surface area contributed by atoms with Crippen LogP contribution in [0.5, 0.6) is 0 Å². The van der Waals surface area contributed by atoms with Crippen LogP contribution in [0.2, 0.25) is 0 Å². The standard InChI is InChI=1S/C58H36N2OS/c1-2-17-40-37(15-1)16-13-28-49(40)59(39-33-31-38(32-34-39)41-23-14-24-46-44-20-6-11-29-54(44)61-57(41)46)53-36-35-47-45-21-7-12-30-55(45)62-58(47)56(53)48-22-5-10-27-52(48)60-50-25-8-3-18-42(50)43-19-4-9-26-51(43)60/h1-36H. The first-order chi connectivity index (χ1) is 30.8. The molecule has 13 aromatic rings. The van der Waals surface area contributed by atoms with Crippen molar-refractivity contribution < 1.29 is 4.42 Å². The van der Waals surface area contributed by atoms with E-state index in [2.05, 4.69) is 222 Å². The number of hydrogen-bond donors (Lipinski definition) is 0. The molecule has 13 rings (SSSR count). The Bertz CT molecular complexity index is 3830. The third kappa shape index (κ3) is 5.24. The van der Waals surface area contributed by atoms with Crippen molar-refractivity contribution in [3.8, 4) is 27.9 Å². The van der Waals surface area contributed by atoms with E-state index in [1.54, 1.807) is 0 Å². The van der Waals surface area contributed by atoms with Gasteiger partial charge in [0.15, 0.2) is 0 Å². The second-order valence-electron chi connectivity index (χ2n) is 16.0. The van der Waals surface area contributed by atoms with Crippen LogP contribution in [0.25, 0.3) is 103 Å². The Hall–Kier alpha value is -7.92. The summed E-state index contributed by atoms with van der Waals surface area (Å²) in [7, 11) is 0. The zero-order chi connectivity index (χ0) is 40.7. The number of thiophene rings is 1. The van der Waals surface area contributed by atoms with Crippen molar-refractivity contribution in [1.29, 1.82) is 0 Å². The van der Waals surface area contributed by atoms with Crippen molar-refractivity contribution in [3.63, 3.8) is 0 Å². The first-order valence-corrected chi connectivity index (χ1v) is 21.9. The molecular weight excluding hydrogens is 773 g/mol. The number of rotatable bonds is 6. The van der Waals surface area contributed by atoms with Crippen LogP contribution >= 0.6 is 11.3 Å². The van der Waals surface area contributed by atoms with Crippen molar-refractivity contribution in [2.24, 2.45) is 0 Å². The molecule has 0 spiro atoms. The van der Waals surface area contributed by atoms with Gasteiger partial charge in [0.1, 0.15) is 11.2 Å². The number of aromatic nitrogens is 1. The van der Waals surface area contributed by atoms with Crippen LogP contribution in [0.1, 0.15) is 0 Å². The van der Waals surface area contributed by atoms with Crippen LogP contribution in [-0.4, -0.2) is 4.57 Å². The minimum atomic E-state index is 0.902. The maximum absolute atomic E-state index is 6.52. The third-order valence-electron chi connectivity index (χ3n) is 12.6. The van der Waals surface area contributed by atoms with Gasteiger partial charge in [0.05, 0.1) is 28.1 Å². The molecule has 0 aliphatic heterocycles. The molecule has 0 unspecified atom stereocenters. The van der Waals surface area contributed by atoms with E-state index >= 15 is 0 Å². The van der Waals surface area contributed by atoms with E-state index in [4.69, 9.17) is 4.42 Å². The van der Waals surface area contributed by atoms with Gasteiger partial charge in [0.25, 0.3) is 0 Å². The molecule has 290 valence electrons. The molecular formula is C58H36N2OS. The molecule has 0 fully saturated rings. The van der Waals surface area contributed by atoms with Crippen LogP contribution in [-0.2, 0) is 0 Å². The lowest BCUT2D eigenvalue weighted by Gasteiger charge is -2.30. The van der Waals surface area contributed by atoms with Crippen molar-refractivity contribution in [2.75, 3.05) is 4.90 Å². The van der Waals surface area contributed by atoms with Crippen LogP contribution in [0.4, 0.5) is 17.1 Å². The van der Waals surface area contributed by atoms with E-state index in [0.717, 1.165) is 55.8 Å². The van der Waals surface area contributed by atoms with Gasteiger partial charge in [-0.15, -0.1) is 11.3 Å². The Morgan fingerprint density at radius 2 is 1.02 bits per heavy atom. The molecule has 0 radical (unpaired) electrons. The summed E-state index contributed by atoms with van der Waals surface area (Å²) in [5.74, 6) is 0. The maximum atomic E-state index is 6.52. The van der Waals surface area contributed by atoms with E-state index in [1.165, 1.54) is 63.9 Å². The summed E-state index contributed by atoms with van der Waals surface area (Å²) in [5, 5.41) is 9.66. The molecule has 0 atom stereocenters. The highest BCUT2D eigenvalue weighted by atomic mass is 32.1. The average Bonchev–Trinajstić information content (AvgIpc) is 4.02. The number of nitrogens with zero attached hydrogens (tertiary/aromatic N) is 2. The van der Waals surface area contributed by atoms with Gasteiger partial charge in [-0.05, 0) is 65.5 Å². The lowest BCUT2D eigenvalue weighted by Crippen LogP contribution is -2.12. The number of furan rings is 1.